The van der Waals surface area contributed by atoms with Crippen LogP contribution in [0.3, 0.4) is 0 Å². The van der Waals surface area contributed by atoms with Crippen molar-refractivity contribution in [2.75, 3.05) is 13.2 Å². The van der Waals surface area contributed by atoms with Gasteiger partial charge in [-0.2, -0.15) is 0 Å². The van der Waals surface area contributed by atoms with Gasteiger partial charge in [-0.1, -0.05) is 0 Å². The summed E-state index contributed by atoms with van der Waals surface area (Å²) < 4.78 is 27.3. The molecular weight excluding hydrogens is 612 g/mol. The molecule has 2 saturated heterocycles. The quantitative estimate of drug-likeness (QED) is 0.112. The number of benzene rings is 2. The number of hydrogen-bond donors (Lipinski definition) is 12. The Hall–Kier alpha value is -3.95. The van der Waals surface area contributed by atoms with Crippen LogP contribution in [-0.4, -0.2) is 136 Å². The maximum absolute atomic E-state index is 13.8. The minimum Gasteiger partial charge on any atom is -0.504 e. The smallest absolute Gasteiger partial charge is 0.239 e. The molecule has 0 spiro atoms. The number of rotatable bonds is 7. The van der Waals surface area contributed by atoms with Crippen molar-refractivity contribution in [1.29, 1.82) is 0 Å². The summed E-state index contributed by atoms with van der Waals surface area (Å²) in [6.07, 6.45) is -17.7. The normalized spacial score (nSPS) is 32.0. The highest BCUT2D eigenvalue weighted by molar-refractivity contribution is 5.91. The summed E-state index contributed by atoms with van der Waals surface area (Å²) in [6.45, 7) is -1.63. The topological polar surface area (TPSA) is 310 Å². The average Bonchev–Trinajstić information content (AvgIpc) is 3.02. The Labute approximate surface area is 250 Å². The second-order valence-electron chi connectivity index (χ2n) is 10.4. The predicted octanol–water partition coefficient (Wildman–Crippen LogP) is -3.36. The first-order valence-corrected chi connectivity index (χ1v) is 13.3. The molecule has 1 aromatic heterocycles. The Morgan fingerprint density at radius 2 is 1.22 bits per heavy atom. The van der Waals surface area contributed by atoms with Crippen molar-refractivity contribution in [2.24, 2.45) is 0 Å². The van der Waals surface area contributed by atoms with Crippen LogP contribution < -0.4 is 14.9 Å². The van der Waals surface area contributed by atoms with E-state index in [0.717, 1.165) is 18.2 Å². The fraction of sp³-hybridized carbons (Fsp3) is 0.444. The standard InChI is InChI=1S/C27H30O18/c28-5-12-16(33)20(37)22(39)26(43-12)42-11-4-10-14(18(35)15(11)32)19(36)25(24(41-10)7-1-2-8(30)9(31)3-7)45-27-23(40)21(38)17(34)13(6-29)44-27/h1-4,12-13,16-17,20-23,26-35,37-40H,5-6H2/t12-,13-,16-,17-,20+,21+,22-,23-,26-,27+/m1/s1. The van der Waals surface area contributed by atoms with E-state index in [-0.39, 0.29) is 5.56 Å². The lowest BCUT2D eigenvalue weighted by Gasteiger charge is -2.39. The minimum absolute atomic E-state index is 0.132. The molecule has 2 aliphatic rings. The van der Waals surface area contributed by atoms with Gasteiger partial charge in [0, 0.05) is 11.6 Å². The molecule has 2 aliphatic heterocycles. The average molecular weight is 643 g/mol. The molecule has 5 rings (SSSR count). The van der Waals surface area contributed by atoms with Crippen molar-refractivity contribution in [3.63, 3.8) is 0 Å². The largest absolute Gasteiger partial charge is 0.504 e. The molecule has 10 atom stereocenters. The van der Waals surface area contributed by atoms with Gasteiger partial charge in [0.05, 0.1) is 13.2 Å². The number of hydrogen-bond acceptors (Lipinski definition) is 18. The van der Waals surface area contributed by atoms with Gasteiger partial charge >= 0.3 is 0 Å². The Bertz CT molecular complexity index is 1600. The zero-order valence-corrected chi connectivity index (χ0v) is 22.8. The highest BCUT2D eigenvalue weighted by Gasteiger charge is 2.46. The summed E-state index contributed by atoms with van der Waals surface area (Å²) >= 11 is 0. The van der Waals surface area contributed by atoms with Gasteiger partial charge in [0.2, 0.25) is 29.5 Å². The highest BCUT2D eigenvalue weighted by Crippen LogP contribution is 2.45. The molecule has 0 radical (unpaired) electrons. The van der Waals surface area contributed by atoms with Crippen molar-refractivity contribution >= 4 is 11.0 Å². The van der Waals surface area contributed by atoms with Gasteiger partial charge in [-0.3, -0.25) is 4.79 Å². The summed E-state index contributed by atoms with van der Waals surface area (Å²) in [5.74, 6) is -5.50. The maximum atomic E-state index is 13.8. The fourth-order valence-corrected chi connectivity index (χ4v) is 4.91. The number of aromatic hydroxyl groups is 4. The summed E-state index contributed by atoms with van der Waals surface area (Å²) in [7, 11) is 0. The summed E-state index contributed by atoms with van der Waals surface area (Å²) in [6, 6.07) is 4.01. The third-order valence-electron chi connectivity index (χ3n) is 7.47. The molecule has 246 valence electrons. The van der Waals surface area contributed by atoms with Crippen LogP contribution in [0.25, 0.3) is 22.3 Å². The molecule has 45 heavy (non-hydrogen) atoms. The third-order valence-corrected chi connectivity index (χ3v) is 7.47. The number of phenols is 4. The van der Waals surface area contributed by atoms with Crippen molar-refractivity contribution in [1.82, 2.24) is 0 Å². The first kappa shape index (κ1) is 32.4. The van der Waals surface area contributed by atoms with E-state index in [2.05, 4.69) is 0 Å². The molecule has 0 amide bonds. The molecule has 3 aromatic rings. The van der Waals surface area contributed by atoms with E-state index in [1.165, 1.54) is 6.07 Å². The van der Waals surface area contributed by atoms with E-state index in [1.807, 2.05) is 0 Å². The summed E-state index contributed by atoms with van der Waals surface area (Å²) in [5, 5.41) is 121. The number of aliphatic hydroxyl groups is 8. The molecule has 2 aromatic carbocycles. The number of aliphatic hydroxyl groups excluding tert-OH is 8. The van der Waals surface area contributed by atoms with E-state index < -0.39 is 131 Å². The van der Waals surface area contributed by atoms with Crippen molar-refractivity contribution < 1.29 is 84.6 Å². The van der Waals surface area contributed by atoms with Crippen LogP contribution in [0.5, 0.6) is 34.5 Å². The zero-order valence-electron chi connectivity index (χ0n) is 22.8. The molecule has 0 saturated carbocycles. The zero-order chi connectivity index (χ0) is 32.9. The van der Waals surface area contributed by atoms with E-state index in [1.54, 1.807) is 0 Å². The number of phenolic OH excluding ortho intramolecular Hbond substituents is 4. The van der Waals surface area contributed by atoms with Crippen LogP contribution >= 0.6 is 0 Å². The van der Waals surface area contributed by atoms with Gasteiger partial charge in [0.25, 0.3) is 0 Å². The van der Waals surface area contributed by atoms with Crippen molar-refractivity contribution in [2.45, 2.75) is 61.4 Å². The minimum atomic E-state index is -1.99. The van der Waals surface area contributed by atoms with E-state index in [4.69, 9.17) is 23.4 Å². The van der Waals surface area contributed by atoms with Gasteiger partial charge in [0.1, 0.15) is 59.8 Å². The van der Waals surface area contributed by atoms with Crippen LogP contribution in [0.1, 0.15) is 0 Å². The molecular formula is C27H30O18. The second-order valence-corrected chi connectivity index (χ2v) is 10.4. The van der Waals surface area contributed by atoms with Crippen LogP contribution in [0.15, 0.2) is 33.5 Å². The Kier molecular flexibility index (Phi) is 8.97. The van der Waals surface area contributed by atoms with E-state index in [0.29, 0.717) is 0 Å². The summed E-state index contributed by atoms with van der Waals surface area (Å²) in [4.78, 5) is 13.8. The molecule has 18 heteroatoms. The lowest BCUT2D eigenvalue weighted by atomic mass is 9.99. The second kappa shape index (κ2) is 12.4. The van der Waals surface area contributed by atoms with Gasteiger partial charge in [-0.25, -0.2) is 0 Å². The Balaban J connectivity index is 1.64. The SMILES string of the molecule is O=c1c(O[C@@H]2O[C@H](CO)[C@@H](O)[C@H](O)[C@H]2O)c(-c2ccc(O)c(O)c2)oc2cc(O[C@@H]3O[C@H](CO)[C@@H](O)[C@H](O)[C@H]3O)c(O)c(O)c12. The highest BCUT2D eigenvalue weighted by atomic mass is 16.7. The monoisotopic (exact) mass is 642 g/mol. The van der Waals surface area contributed by atoms with Crippen LogP contribution in [0.2, 0.25) is 0 Å². The Morgan fingerprint density at radius 1 is 0.667 bits per heavy atom. The molecule has 0 aliphatic carbocycles. The predicted molar refractivity (Wildman–Crippen MR) is 143 cm³/mol. The number of ether oxygens (including phenoxy) is 4. The molecule has 3 heterocycles. The first-order valence-electron chi connectivity index (χ1n) is 13.3. The van der Waals surface area contributed by atoms with E-state index in [9.17, 15) is 66.1 Å². The van der Waals surface area contributed by atoms with E-state index >= 15 is 0 Å². The molecule has 18 nitrogen and oxygen atoms in total. The van der Waals surface area contributed by atoms with Crippen LogP contribution in [0, 0.1) is 0 Å². The first-order chi connectivity index (χ1) is 21.3. The van der Waals surface area contributed by atoms with Crippen molar-refractivity contribution in [3.8, 4) is 45.8 Å². The van der Waals surface area contributed by atoms with Crippen molar-refractivity contribution in [3.05, 3.63) is 34.5 Å². The van der Waals surface area contributed by atoms with Gasteiger partial charge < -0.3 is 84.6 Å². The molecule has 2 fully saturated rings. The van der Waals surface area contributed by atoms with Crippen LogP contribution in [-0.2, 0) is 9.47 Å². The molecule has 0 unspecified atom stereocenters. The fourth-order valence-electron chi connectivity index (χ4n) is 4.91. The van der Waals surface area contributed by atoms with Gasteiger partial charge in [0.15, 0.2) is 28.8 Å². The molecule has 0 bridgehead atoms. The van der Waals surface area contributed by atoms with Gasteiger partial charge in [-0.15, -0.1) is 0 Å². The van der Waals surface area contributed by atoms with Gasteiger partial charge in [-0.05, 0) is 18.2 Å². The van der Waals surface area contributed by atoms with Crippen LogP contribution in [0.4, 0.5) is 0 Å². The number of fused-ring (bicyclic) bond motifs is 1. The lowest BCUT2D eigenvalue weighted by molar-refractivity contribution is -0.277. The summed E-state index contributed by atoms with van der Waals surface area (Å²) in [5.41, 5.74) is -1.87. The third kappa shape index (κ3) is 5.68. The molecule has 12 N–H and O–H groups in total. The maximum Gasteiger partial charge on any atom is 0.239 e. The lowest BCUT2D eigenvalue weighted by Crippen LogP contribution is -2.60. The Morgan fingerprint density at radius 3 is 1.76 bits per heavy atom.